The molecule has 1 aromatic rings. The van der Waals surface area contributed by atoms with Gasteiger partial charge in [0.05, 0.1) is 4.47 Å². The number of rotatable bonds is 4. The van der Waals surface area contributed by atoms with Gasteiger partial charge >= 0.3 is 0 Å². The van der Waals surface area contributed by atoms with Gasteiger partial charge in [-0.1, -0.05) is 6.07 Å². The third kappa shape index (κ3) is 3.31. The first-order valence-electron chi connectivity index (χ1n) is 6.46. The van der Waals surface area contributed by atoms with Gasteiger partial charge < -0.3 is 5.32 Å². The molecule has 1 heterocycles. The number of halogens is 2. The number of hydrogen-bond donors (Lipinski definition) is 1. The van der Waals surface area contributed by atoms with Gasteiger partial charge in [0.2, 0.25) is 0 Å². The van der Waals surface area contributed by atoms with Gasteiger partial charge in [-0.3, -0.25) is 4.90 Å². The van der Waals surface area contributed by atoms with E-state index in [0.29, 0.717) is 16.6 Å². The van der Waals surface area contributed by atoms with Crippen molar-refractivity contribution < 1.29 is 4.39 Å². The second kappa shape index (κ2) is 6.13. The largest absolute Gasteiger partial charge is 0.313 e. The molecule has 2 unspecified atom stereocenters. The summed E-state index contributed by atoms with van der Waals surface area (Å²) in [6.45, 7) is 4.33. The van der Waals surface area contributed by atoms with E-state index in [-0.39, 0.29) is 5.82 Å². The Balaban J connectivity index is 2.00. The van der Waals surface area contributed by atoms with Gasteiger partial charge in [-0.25, -0.2) is 4.39 Å². The summed E-state index contributed by atoms with van der Waals surface area (Å²) in [5.41, 5.74) is 1.14. The summed E-state index contributed by atoms with van der Waals surface area (Å²) >= 11 is 3.25. The minimum atomic E-state index is -0.203. The van der Waals surface area contributed by atoms with Crippen LogP contribution in [-0.2, 0) is 0 Å². The molecule has 18 heavy (non-hydrogen) atoms. The highest BCUT2D eigenvalue weighted by Gasteiger charge is 2.19. The van der Waals surface area contributed by atoms with Crippen molar-refractivity contribution in [3.63, 3.8) is 0 Å². The molecule has 100 valence electrons. The molecule has 0 aliphatic carbocycles. The minimum Gasteiger partial charge on any atom is -0.313 e. The lowest BCUT2D eigenvalue weighted by molar-refractivity contribution is 0.238. The molecule has 1 fully saturated rings. The first-order valence-corrected chi connectivity index (χ1v) is 7.26. The Bertz CT molecular complexity index is 405. The smallest absolute Gasteiger partial charge is 0.137 e. The molecule has 0 bridgehead atoms. The Kier molecular flexibility index (Phi) is 4.76. The van der Waals surface area contributed by atoms with E-state index in [1.165, 1.54) is 18.9 Å². The zero-order chi connectivity index (χ0) is 13.1. The number of benzene rings is 1. The Morgan fingerprint density at radius 1 is 1.56 bits per heavy atom. The average molecular weight is 315 g/mol. The van der Waals surface area contributed by atoms with Crippen molar-refractivity contribution in [3.05, 3.63) is 34.1 Å². The van der Waals surface area contributed by atoms with Crippen LogP contribution in [0.25, 0.3) is 0 Å². The SMILES string of the molecule is CC(c1ccc(F)c(Br)c1)N(C)CC1CCCN1. The van der Waals surface area contributed by atoms with Crippen molar-refractivity contribution in [2.24, 2.45) is 0 Å². The molecular formula is C14H20BrFN2. The van der Waals surface area contributed by atoms with Crippen molar-refractivity contribution in [2.45, 2.75) is 31.8 Å². The Morgan fingerprint density at radius 2 is 2.33 bits per heavy atom. The fraction of sp³-hybridized carbons (Fsp3) is 0.571. The highest BCUT2D eigenvalue weighted by Crippen LogP contribution is 2.24. The molecule has 0 amide bonds. The summed E-state index contributed by atoms with van der Waals surface area (Å²) in [4.78, 5) is 2.32. The van der Waals surface area contributed by atoms with E-state index in [4.69, 9.17) is 0 Å². The first kappa shape index (κ1) is 14.0. The van der Waals surface area contributed by atoms with Crippen LogP contribution >= 0.6 is 15.9 Å². The standard InChI is InChI=1S/C14H20BrFN2/c1-10(11-5-6-14(16)13(15)8-11)18(2)9-12-4-3-7-17-12/h5-6,8,10,12,17H,3-4,7,9H2,1-2H3. The Hall–Kier alpha value is -0.450. The van der Waals surface area contributed by atoms with Crippen LogP contribution in [0.2, 0.25) is 0 Å². The molecule has 0 saturated carbocycles. The van der Waals surface area contributed by atoms with Gasteiger partial charge in [0.25, 0.3) is 0 Å². The third-order valence-corrected chi connectivity index (χ3v) is 4.37. The zero-order valence-electron chi connectivity index (χ0n) is 10.9. The Morgan fingerprint density at radius 3 is 2.94 bits per heavy atom. The molecule has 2 rings (SSSR count). The summed E-state index contributed by atoms with van der Waals surface area (Å²) in [7, 11) is 2.13. The lowest BCUT2D eigenvalue weighted by Gasteiger charge is -2.28. The lowest BCUT2D eigenvalue weighted by atomic mass is 10.1. The number of nitrogens with zero attached hydrogens (tertiary/aromatic N) is 1. The van der Waals surface area contributed by atoms with E-state index in [9.17, 15) is 4.39 Å². The Labute approximate surface area is 117 Å². The van der Waals surface area contributed by atoms with Crippen LogP contribution in [-0.4, -0.2) is 31.1 Å². The predicted molar refractivity (Wildman–Crippen MR) is 76.2 cm³/mol. The second-order valence-electron chi connectivity index (χ2n) is 5.08. The van der Waals surface area contributed by atoms with E-state index in [2.05, 4.69) is 40.1 Å². The molecule has 4 heteroatoms. The molecule has 2 nitrogen and oxygen atoms in total. The predicted octanol–water partition coefficient (Wildman–Crippen LogP) is 3.33. The van der Waals surface area contributed by atoms with E-state index in [0.717, 1.165) is 18.7 Å². The summed E-state index contributed by atoms with van der Waals surface area (Å²) in [5.74, 6) is -0.203. The fourth-order valence-electron chi connectivity index (χ4n) is 2.45. The summed E-state index contributed by atoms with van der Waals surface area (Å²) in [5, 5.41) is 3.50. The average Bonchev–Trinajstić information content (AvgIpc) is 2.84. The van der Waals surface area contributed by atoms with Gasteiger partial charge in [0.15, 0.2) is 0 Å². The van der Waals surface area contributed by atoms with E-state index in [1.54, 1.807) is 0 Å². The van der Waals surface area contributed by atoms with Crippen LogP contribution in [0.3, 0.4) is 0 Å². The molecule has 0 radical (unpaired) electrons. The maximum atomic E-state index is 13.2. The van der Waals surface area contributed by atoms with Crippen LogP contribution < -0.4 is 5.32 Å². The van der Waals surface area contributed by atoms with Crippen molar-refractivity contribution >= 4 is 15.9 Å². The van der Waals surface area contributed by atoms with Gasteiger partial charge in [-0.15, -0.1) is 0 Å². The van der Waals surface area contributed by atoms with Crippen LogP contribution in [0.5, 0.6) is 0 Å². The second-order valence-corrected chi connectivity index (χ2v) is 5.94. The number of likely N-dealkylation sites (N-methyl/N-ethyl adjacent to an activating group) is 1. The molecule has 0 spiro atoms. The highest BCUT2D eigenvalue weighted by atomic mass is 79.9. The lowest BCUT2D eigenvalue weighted by Crippen LogP contribution is -2.36. The molecular weight excluding hydrogens is 295 g/mol. The molecule has 1 aliphatic heterocycles. The van der Waals surface area contributed by atoms with E-state index >= 15 is 0 Å². The van der Waals surface area contributed by atoms with Crippen LogP contribution in [0.1, 0.15) is 31.4 Å². The molecule has 1 aliphatic rings. The maximum absolute atomic E-state index is 13.2. The quantitative estimate of drug-likeness (QED) is 0.917. The maximum Gasteiger partial charge on any atom is 0.137 e. The number of nitrogens with one attached hydrogen (secondary N) is 1. The van der Waals surface area contributed by atoms with E-state index < -0.39 is 0 Å². The minimum absolute atomic E-state index is 0.203. The topological polar surface area (TPSA) is 15.3 Å². The van der Waals surface area contributed by atoms with Crippen molar-refractivity contribution in [2.75, 3.05) is 20.1 Å². The summed E-state index contributed by atoms with van der Waals surface area (Å²) in [6, 6.07) is 6.16. The molecule has 1 aromatic carbocycles. The van der Waals surface area contributed by atoms with Crippen LogP contribution in [0.4, 0.5) is 4.39 Å². The van der Waals surface area contributed by atoms with Gasteiger partial charge in [0.1, 0.15) is 5.82 Å². The van der Waals surface area contributed by atoms with Gasteiger partial charge in [-0.05, 0) is 67.0 Å². The molecule has 1 saturated heterocycles. The van der Waals surface area contributed by atoms with Crippen molar-refractivity contribution in [1.82, 2.24) is 10.2 Å². The summed E-state index contributed by atoms with van der Waals surface area (Å²) in [6.07, 6.45) is 2.53. The van der Waals surface area contributed by atoms with Gasteiger partial charge in [0, 0.05) is 18.6 Å². The number of hydrogen-bond acceptors (Lipinski definition) is 2. The monoisotopic (exact) mass is 314 g/mol. The normalized spacial score (nSPS) is 21.5. The van der Waals surface area contributed by atoms with E-state index in [1.807, 2.05) is 12.1 Å². The van der Waals surface area contributed by atoms with Crippen LogP contribution in [0, 0.1) is 5.82 Å². The zero-order valence-corrected chi connectivity index (χ0v) is 12.5. The molecule has 2 atom stereocenters. The summed E-state index contributed by atoms with van der Waals surface area (Å²) < 4.78 is 13.8. The van der Waals surface area contributed by atoms with Crippen molar-refractivity contribution in [3.8, 4) is 0 Å². The van der Waals surface area contributed by atoms with Crippen LogP contribution in [0.15, 0.2) is 22.7 Å². The van der Waals surface area contributed by atoms with Crippen molar-refractivity contribution in [1.29, 1.82) is 0 Å². The molecule has 1 N–H and O–H groups in total. The first-order chi connectivity index (χ1) is 8.58. The fourth-order valence-corrected chi connectivity index (χ4v) is 2.84. The third-order valence-electron chi connectivity index (χ3n) is 3.76. The van der Waals surface area contributed by atoms with Gasteiger partial charge in [-0.2, -0.15) is 0 Å². The highest BCUT2D eigenvalue weighted by molar-refractivity contribution is 9.10. The molecule has 0 aromatic heterocycles.